The van der Waals surface area contributed by atoms with Crippen LogP contribution in [0.3, 0.4) is 0 Å². The van der Waals surface area contributed by atoms with E-state index in [9.17, 15) is 27.2 Å². The summed E-state index contributed by atoms with van der Waals surface area (Å²) in [7, 11) is 0. The van der Waals surface area contributed by atoms with Crippen LogP contribution in [-0.4, -0.2) is 39.7 Å². The number of β-lactam (4-membered cyclic amide) rings is 1. The standard InChI is InChI=1S/C24H23F4N3O4/c1-23(2,3)35-22(33)30-12-29-15-7-5-13(9-17(15)30)31-16(10-19(31)32)14-6-8-18(21(26)20(14)25)34-11-24(4,27)28/h5-9,12,16H,10-11H2,1-4H3. The summed E-state index contributed by atoms with van der Waals surface area (Å²) >= 11 is 0. The summed E-state index contributed by atoms with van der Waals surface area (Å²) in [4.78, 5) is 30.4. The fourth-order valence-corrected chi connectivity index (χ4v) is 3.71. The van der Waals surface area contributed by atoms with Crippen molar-refractivity contribution in [2.45, 2.75) is 51.7 Å². The predicted molar refractivity (Wildman–Crippen MR) is 119 cm³/mol. The van der Waals surface area contributed by atoms with Crippen molar-refractivity contribution in [2.75, 3.05) is 11.5 Å². The zero-order valence-electron chi connectivity index (χ0n) is 19.4. The number of ether oxygens (including phenoxy) is 2. The Balaban J connectivity index is 1.64. The van der Waals surface area contributed by atoms with Crippen LogP contribution in [0, 0.1) is 11.6 Å². The molecule has 11 heteroatoms. The molecule has 1 aromatic heterocycles. The minimum atomic E-state index is -3.22. The Morgan fingerprint density at radius 3 is 2.46 bits per heavy atom. The lowest BCUT2D eigenvalue weighted by Gasteiger charge is -2.41. The number of rotatable bonds is 5. The molecular weight excluding hydrogens is 470 g/mol. The van der Waals surface area contributed by atoms with Crippen molar-refractivity contribution in [2.24, 2.45) is 0 Å². The second-order valence-electron chi connectivity index (χ2n) is 9.39. The first-order valence-electron chi connectivity index (χ1n) is 10.8. The van der Waals surface area contributed by atoms with Crippen molar-refractivity contribution >= 4 is 28.7 Å². The van der Waals surface area contributed by atoms with E-state index < -0.39 is 47.6 Å². The molecular formula is C24H23F4N3O4. The number of alkyl halides is 2. The maximum atomic E-state index is 14.8. The minimum absolute atomic E-state index is 0.0903. The Labute approximate surface area is 198 Å². The molecule has 1 fully saturated rings. The quantitative estimate of drug-likeness (QED) is 0.341. The summed E-state index contributed by atoms with van der Waals surface area (Å²) in [6, 6.07) is 6.12. The zero-order chi connectivity index (χ0) is 25.7. The number of hydrogen-bond donors (Lipinski definition) is 0. The van der Waals surface area contributed by atoms with Crippen LogP contribution in [0.15, 0.2) is 36.7 Å². The summed E-state index contributed by atoms with van der Waals surface area (Å²) in [5.41, 5.74) is 0.309. The van der Waals surface area contributed by atoms with Gasteiger partial charge >= 0.3 is 6.09 Å². The Hall–Kier alpha value is -3.63. The zero-order valence-corrected chi connectivity index (χ0v) is 19.4. The van der Waals surface area contributed by atoms with Gasteiger partial charge in [0, 0.05) is 18.2 Å². The van der Waals surface area contributed by atoms with Gasteiger partial charge < -0.3 is 14.4 Å². The fourth-order valence-electron chi connectivity index (χ4n) is 3.71. The lowest BCUT2D eigenvalue weighted by atomic mass is 9.92. The first-order chi connectivity index (χ1) is 16.2. The molecule has 4 rings (SSSR count). The number of carbonyl (C=O) groups is 2. The monoisotopic (exact) mass is 493 g/mol. The Bertz CT molecular complexity index is 1310. The lowest BCUT2D eigenvalue weighted by molar-refractivity contribution is -0.124. The van der Waals surface area contributed by atoms with E-state index in [0.29, 0.717) is 23.6 Å². The number of nitrogens with zero attached hydrogens (tertiary/aromatic N) is 3. The van der Waals surface area contributed by atoms with Gasteiger partial charge in [0.1, 0.15) is 11.9 Å². The number of hydrogen-bond acceptors (Lipinski definition) is 5. The van der Waals surface area contributed by atoms with Crippen molar-refractivity contribution in [1.82, 2.24) is 9.55 Å². The molecule has 1 saturated heterocycles. The first kappa shape index (κ1) is 24.5. The Morgan fingerprint density at radius 2 is 1.83 bits per heavy atom. The fraction of sp³-hybridized carbons (Fsp3) is 0.375. The van der Waals surface area contributed by atoms with Crippen LogP contribution in [0.5, 0.6) is 5.75 Å². The van der Waals surface area contributed by atoms with Gasteiger partial charge in [-0.2, -0.15) is 4.39 Å². The van der Waals surface area contributed by atoms with Crippen LogP contribution >= 0.6 is 0 Å². The predicted octanol–water partition coefficient (Wildman–Crippen LogP) is 5.61. The van der Waals surface area contributed by atoms with Crippen LogP contribution in [0.2, 0.25) is 0 Å². The van der Waals surface area contributed by atoms with E-state index in [-0.39, 0.29) is 17.9 Å². The van der Waals surface area contributed by atoms with E-state index in [1.807, 2.05) is 0 Å². The van der Waals surface area contributed by atoms with Crippen molar-refractivity contribution < 1.29 is 36.6 Å². The highest BCUT2D eigenvalue weighted by molar-refractivity contribution is 6.02. The molecule has 7 nitrogen and oxygen atoms in total. The molecule has 2 heterocycles. The van der Waals surface area contributed by atoms with Crippen molar-refractivity contribution in [3.63, 3.8) is 0 Å². The van der Waals surface area contributed by atoms with Gasteiger partial charge in [0.2, 0.25) is 11.7 Å². The van der Waals surface area contributed by atoms with Gasteiger partial charge in [-0.05, 0) is 45.0 Å². The van der Waals surface area contributed by atoms with Gasteiger partial charge in [-0.3, -0.25) is 4.79 Å². The number of imidazole rings is 1. The molecule has 1 atom stereocenters. The van der Waals surface area contributed by atoms with Gasteiger partial charge in [0.05, 0.1) is 23.5 Å². The minimum Gasteiger partial charge on any atom is -0.484 e. The molecule has 0 N–H and O–H groups in total. The van der Waals surface area contributed by atoms with Crippen molar-refractivity contribution in [3.8, 4) is 5.75 Å². The van der Waals surface area contributed by atoms with E-state index in [0.717, 1.165) is 6.07 Å². The highest BCUT2D eigenvalue weighted by Gasteiger charge is 2.41. The van der Waals surface area contributed by atoms with Gasteiger partial charge in [0.25, 0.3) is 5.92 Å². The maximum absolute atomic E-state index is 14.8. The van der Waals surface area contributed by atoms with E-state index in [1.165, 1.54) is 27.9 Å². The van der Waals surface area contributed by atoms with Crippen LogP contribution in [0.25, 0.3) is 11.0 Å². The molecule has 0 saturated carbocycles. The van der Waals surface area contributed by atoms with Crippen molar-refractivity contribution in [1.29, 1.82) is 0 Å². The molecule has 3 aromatic rings. The van der Waals surface area contributed by atoms with Crippen LogP contribution in [-0.2, 0) is 9.53 Å². The van der Waals surface area contributed by atoms with Gasteiger partial charge in [0.15, 0.2) is 18.2 Å². The number of carbonyl (C=O) groups excluding carboxylic acids is 2. The molecule has 1 amide bonds. The molecule has 35 heavy (non-hydrogen) atoms. The molecule has 2 aromatic carbocycles. The number of aromatic nitrogens is 2. The molecule has 0 radical (unpaired) electrons. The SMILES string of the molecule is CC(F)(F)COc1ccc(C2CC(=O)N2c2ccc3ncn(C(=O)OC(C)(C)C)c3c2)c(F)c1F. The second kappa shape index (κ2) is 8.54. The molecule has 1 aliphatic rings. The Kier molecular flexibility index (Phi) is 5.98. The van der Waals surface area contributed by atoms with Crippen LogP contribution < -0.4 is 9.64 Å². The summed E-state index contributed by atoms with van der Waals surface area (Å²) in [6.45, 7) is 4.64. The summed E-state index contributed by atoms with van der Waals surface area (Å²) < 4.78 is 66.7. The maximum Gasteiger partial charge on any atom is 0.420 e. The van der Waals surface area contributed by atoms with E-state index >= 15 is 0 Å². The topological polar surface area (TPSA) is 73.7 Å². The number of halogens is 4. The number of anilines is 1. The molecule has 0 bridgehead atoms. The molecule has 0 spiro atoms. The van der Waals surface area contributed by atoms with Crippen LogP contribution in [0.1, 0.15) is 45.7 Å². The normalized spacial score (nSPS) is 16.4. The average molecular weight is 493 g/mol. The molecule has 1 unspecified atom stereocenters. The van der Waals surface area contributed by atoms with E-state index in [2.05, 4.69) is 4.98 Å². The summed E-state index contributed by atoms with van der Waals surface area (Å²) in [5.74, 6) is -6.91. The van der Waals surface area contributed by atoms with Gasteiger partial charge in [-0.1, -0.05) is 6.07 Å². The molecule has 0 aliphatic carbocycles. The summed E-state index contributed by atoms with van der Waals surface area (Å²) in [6.07, 6.45) is 0.545. The van der Waals surface area contributed by atoms with E-state index in [4.69, 9.17) is 9.47 Å². The number of fused-ring (bicyclic) bond motifs is 1. The third-order valence-electron chi connectivity index (χ3n) is 5.26. The van der Waals surface area contributed by atoms with Crippen molar-refractivity contribution in [3.05, 3.63) is 53.9 Å². The van der Waals surface area contributed by atoms with E-state index in [1.54, 1.807) is 32.9 Å². The molecule has 186 valence electrons. The largest absolute Gasteiger partial charge is 0.484 e. The molecule has 1 aliphatic heterocycles. The average Bonchev–Trinajstić information content (AvgIpc) is 3.15. The second-order valence-corrected chi connectivity index (χ2v) is 9.39. The summed E-state index contributed by atoms with van der Waals surface area (Å²) in [5, 5.41) is 0. The van der Waals surface area contributed by atoms with Gasteiger partial charge in [-0.15, -0.1) is 0 Å². The third-order valence-corrected chi connectivity index (χ3v) is 5.26. The number of benzene rings is 2. The third kappa shape index (κ3) is 4.94. The van der Waals surface area contributed by atoms with Gasteiger partial charge in [-0.25, -0.2) is 27.5 Å². The lowest BCUT2D eigenvalue weighted by Crippen LogP contribution is -2.47. The smallest absolute Gasteiger partial charge is 0.420 e. The van der Waals surface area contributed by atoms with Crippen LogP contribution in [0.4, 0.5) is 28.0 Å². The first-order valence-corrected chi connectivity index (χ1v) is 10.8. The highest BCUT2D eigenvalue weighted by atomic mass is 19.3. The number of amides is 1. The Morgan fingerprint density at radius 1 is 1.11 bits per heavy atom. The highest BCUT2D eigenvalue weighted by Crippen LogP contribution is 2.42.